The fourth-order valence-electron chi connectivity index (χ4n) is 3.86. The third-order valence-electron chi connectivity index (χ3n) is 5.90. The molecule has 0 radical (unpaired) electrons. The second kappa shape index (κ2) is 11.6. The molecule has 2 heterocycles. The van der Waals surface area contributed by atoms with Gasteiger partial charge in [-0.1, -0.05) is 42.5 Å². The maximum Gasteiger partial charge on any atom is 0.300 e. The van der Waals surface area contributed by atoms with Gasteiger partial charge in [0.2, 0.25) is 0 Å². The Labute approximate surface area is 250 Å². The van der Waals surface area contributed by atoms with Crippen LogP contribution in [0.4, 0.5) is 21.3 Å². The summed E-state index contributed by atoms with van der Waals surface area (Å²) in [7, 11) is -4.02. The SMILES string of the molecule is O=C1S/C(=C\c2ccc(S(=O)(=O)Nc3nc(-c4ccccc4)cs3)cc2)C(=O)N1C(=O)c1ccc([N+](=O)[O-])cc1[N+](=O)[O-]. The zero-order valence-corrected chi connectivity index (χ0v) is 23.7. The molecule has 0 saturated carbocycles. The van der Waals surface area contributed by atoms with E-state index in [0.29, 0.717) is 29.1 Å². The molecule has 0 spiro atoms. The Morgan fingerprint density at radius 3 is 2.30 bits per heavy atom. The number of aromatic nitrogens is 1. The predicted octanol–water partition coefficient (Wildman–Crippen LogP) is 5.30. The van der Waals surface area contributed by atoms with Crippen LogP contribution in [0.5, 0.6) is 0 Å². The van der Waals surface area contributed by atoms with Crippen LogP contribution in [0.15, 0.2) is 88.0 Å². The Bertz CT molecular complexity index is 1960. The summed E-state index contributed by atoms with van der Waals surface area (Å²) in [6.07, 6.45) is 1.25. The molecule has 0 atom stereocenters. The van der Waals surface area contributed by atoms with Crippen LogP contribution >= 0.6 is 23.1 Å². The fraction of sp³-hybridized carbons (Fsp3) is 0. The van der Waals surface area contributed by atoms with Gasteiger partial charge in [0.1, 0.15) is 5.56 Å². The number of nitrogens with zero attached hydrogens (tertiary/aromatic N) is 4. The summed E-state index contributed by atoms with van der Waals surface area (Å²) in [5.74, 6) is -2.39. The molecular formula is C26H15N5O9S3. The zero-order chi connectivity index (χ0) is 30.9. The van der Waals surface area contributed by atoms with Crippen molar-refractivity contribution in [2.45, 2.75) is 4.90 Å². The van der Waals surface area contributed by atoms with E-state index in [4.69, 9.17) is 0 Å². The first-order chi connectivity index (χ1) is 20.4. The molecule has 43 heavy (non-hydrogen) atoms. The van der Waals surface area contributed by atoms with Crippen LogP contribution in [-0.2, 0) is 14.8 Å². The Balaban J connectivity index is 1.33. The Morgan fingerprint density at radius 1 is 0.953 bits per heavy atom. The molecular weight excluding hydrogens is 623 g/mol. The highest BCUT2D eigenvalue weighted by molar-refractivity contribution is 8.18. The molecule has 1 N–H and O–H groups in total. The van der Waals surface area contributed by atoms with Crippen molar-refractivity contribution in [3.63, 3.8) is 0 Å². The average molecular weight is 638 g/mol. The molecule has 0 bridgehead atoms. The van der Waals surface area contributed by atoms with Gasteiger partial charge in [0, 0.05) is 17.0 Å². The van der Waals surface area contributed by atoms with Gasteiger partial charge in [0.05, 0.1) is 31.4 Å². The van der Waals surface area contributed by atoms with Crippen LogP contribution in [0.2, 0.25) is 0 Å². The zero-order valence-electron chi connectivity index (χ0n) is 21.3. The van der Waals surface area contributed by atoms with Crippen LogP contribution in [0.3, 0.4) is 0 Å². The summed E-state index contributed by atoms with van der Waals surface area (Å²) in [5.41, 5.74) is -0.528. The summed E-state index contributed by atoms with van der Waals surface area (Å²) < 4.78 is 28.2. The second-order valence-corrected chi connectivity index (χ2v) is 12.2. The van der Waals surface area contributed by atoms with E-state index in [-0.39, 0.29) is 19.8 Å². The van der Waals surface area contributed by atoms with E-state index in [1.165, 1.54) is 30.3 Å². The molecule has 17 heteroatoms. The van der Waals surface area contributed by atoms with Crippen molar-refractivity contribution >= 4 is 72.8 Å². The third kappa shape index (κ3) is 6.03. The number of thiazole rings is 1. The number of nitrogens with one attached hydrogen (secondary N) is 1. The van der Waals surface area contributed by atoms with Crippen LogP contribution < -0.4 is 4.72 Å². The lowest BCUT2D eigenvalue weighted by Gasteiger charge is -2.10. The van der Waals surface area contributed by atoms with Crippen molar-refractivity contribution in [3.8, 4) is 11.3 Å². The number of amides is 3. The lowest BCUT2D eigenvalue weighted by Crippen LogP contribution is -2.35. The van der Waals surface area contributed by atoms with Crippen molar-refractivity contribution in [2.24, 2.45) is 0 Å². The van der Waals surface area contributed by atoms with E-state index < -0.39 is 53.9 Å². The summed E-state index contributed by atoms with van der Waals surface area (Å²) in [5, 5.41) is 23.2. The van der Waals surface area contributed by atoms with Gasteiger partial charge in [-0.05, 0) is 41.6 Å². The van der Waals surface area contributed by atoms with Crippen LogP contribution in [-0.4, -0.2) is 45.2 Å². The maximum atomic E-state index is 13.0. The number of carbonyl (C=O) groups is 3. The number of hydrogen-bond donors (Lipinski definition) is 1. The van der Waals surface area contributed by atoms with E-state index in [2.05, 4.69) is 9.71 Å². The van der Waals surface area contributed by atoms with Crippen LogP contribution in [0.25, 0.3) is 17.3 Å². The van der Waals surface area contributed by atoms with Crippen molar-refractivity contribution in [2.75, 3.05) is 4.72 Å². The third-order valence-corrected chi connectivity index (χ3v) is 9.01. The molecule has 0 aliphatic carbocycles. The number of rotatable bonds is 8. The standard InChI is InChI=1S/C26H15N5O9S3/c32-23(19-11-8-17(30(35)36)13-21(19)31(37)38)29-24(33)22(42-26(29)34)12-15-6-9-18(10-7-15)43(39,40)28-25-27-20(14-41-25)16-4-2-1-3-5-16/h1-14H,(H,27,28)/b22-12-. The summed E-state index contributed by atoms with van der Waals surface area (Å²) in [6, 6.07) is 16.7. The first kappa shape index (κ1) is 29.2. The van der Waals surface area contributed by atoms with E-state index in [9.17, 15) is 43.0 Å². The average Bonchev–Trinajstić information content (AvgIpc) is 3.55. The number of anilines is 1. The molecule has 1 aliphatic heterocycles. The van der Waals surface area contributed by atoms with Crippen molar-refractivity contribution in [1.82, 2.24) is 9.88 Å². The van der Waals surface area contributed by atoms with Gasteiger partial charge in [0.15, 0.2) is 5.13 Å². The molecule has 1 aliphatic rings. The monoisotopic (exact) mass is 637 g/mol. The number of benzene rings is 3. The number of sulfonamides is 1. The van der Waals surface area contributed by atoms with Crippen molar-refractivity contribution in [3.05, 3.63) is 114 Å². The van der Waals surface area contributed by atoms with Gasteiger partial charge < -0.3 is 0 Å². The number of non-ortho nitro benzene ring substituents is 1. The molecule has 4 aromatic rings. The Kier molecular flexibility index (Phi) is 7.85. The maximum absolute atomic E-state index is 13.0. The van der Waals surface area contributed by atoms with Crippen molar-refractivity contribution in [1.29, 1.82) is 0 Å². The van der Waals surface area contributed by atoms with Gasteiger partial charge in [-0.2, -0.15) is 0 Å². The summed E-state index contributed by atoms with van der Waals surface area (Å²) in [6.45, 7) is 0. The highest BCUT2D eigenvalue weighted by Crippen LogP contribution is 2.35. The number of carbonyl (C=O) groups excluding carboxylic acids is 3. The second-order valence-electron chi connectivity index (χ2n) is 8.62. The molecule has 1 fully saturated rings. The minimum Gasteiger partial charge on any atom is -0.268 e. The molecule has 1 saturated heterocycles. The summed E-state index contributed by atoms with van der Waals surface area (Å²) >= 11 is 1.51. The molecule has 1 aromatic heterocycles. The topological polar surface area (TPSA) is 200 Å². The van der Waals surface area contributed by atoms with E-state index >= 15 is 0 Å². The molecule has 3 aromatic carbocycles. The van der Waals surface area contributed by atoms with Crippen molar-refractivity contribution < 1.29 is 32.6 Å². The molecule has 3 amide bonds. The van der Waals surface area contributed by atoms with Crippen LogP contribution in [0, 0.1) is 20.2 Å². The van der Waals surface area contributed by atoms with Gasteiger partial charge in [-0.25, -0.2) is 18.3 Å². The number of imide groups is 3. The molecule has 216 valence electrons. The van der Waals surface area contributed by atoms with E-state index in [1.54, 1.807) is 5.38 Å². The van der Waals surface area contributed by atoms with Crippen LogP contribution in [0.1, 0.15) is 15.9 Å². The Morgan fingerprint density at radius 2 is 1.65 bits per heavy atom. The smallest absolute Gasteiger partial charge is 0.268 e. The quantitative estimate of drug-likeness (QED) is 0.114. The normalized spacial score (nSPS) is 14.2. The van der Waals surface area contributed by atoms with E-state index in [1.807, 2.05) is 30.3 Å². The number of thioether (sulfide) groups is 1. The fourth-order valence-corrected chi connectivity index (χ4v) is 6.65. The molecule has 14 nitrogen and oxygen atoms in total. The number of nitro benzene ring substituents is 2. The molecule has 0 unspecified atom stereocenters. The largest absolute Gasteiger partial charge is 0.300 e. The Hall–Kier alpha value is -5.26. The highest BCUT2D eigenvalue weighted by Gasteiger charge is 2.42. The minimum absolute atomic E-state index is 0.102. The summed E-state index contributed by atoms with van der Waals surface area (Å²) in [4.78, 5) is 63.1. The van der Waals surface area contributed by atoms with Gasteiger partial charge in [0.25, 0.3) is 33.2 Å². The van der Waals surface area contributed by atoms with Gasteiger partial charge >= 0.3 is 5.24 Å². The first-order valence-electron chi connectivity index (χ1n) is 11.8. The minimum atomic E-state index is -4.02. The van der Waals surface area contributed by atoms with Gasteiger partial charge in [-0.15, -0.1) is 11.3 Å². The number of nitro groups is 2. The highest BCUT2D eigenvalue weighted by atomic mass is 32.2. The van der Waals surface area contributed by atoms with Gasteiger partial charge in [-0.3, -0.25) is 39.3 Å². The molecule has 5 rings (SSSR count). The first-order valence-corrected chi connectivity index (χ1v) is 15.0. The predicted molar refractivity (Wildman–Crippen MR) is 157 cm³/mol. The number of hydrogen-bond acceptors (Lipinski definition) is 12. The van der Waals surface area contributed by atoms with E-state index in [0.717, 1.165) is 29.0 Å². The lowest BCUT2D eigenvalue weighted by atomic mass is 10.1. The lowest BCUT2D eigenvalue weighted by molar-refractivity contribution is -0.394.